The third kappa shape index (κ3) is 2.70. The minimum atomic E-state index is 0.756. The van der Waals surface area contributed by atoms with Crippen LogP contribution in [-0.4, -0.2) is 0 Å². The van der Waals surface area contributed by atoms with Gasteiger partial charge in [0.25, 0.3) is 0 Å². The Kier molecular flexibility index (Phi) is 3.64. The molecule has 4 aromatic rings. The third-order valence-electron chi connectivity index (χ3n) is 4.05. The van der Waals surface area contributed by atoms with Gasteiger partial charge in [0.1, 0.15) is 11.5 Å². The quantitative estimate of drug-likeness (QED) is 0.481. The first-order chi connectivity index (χ1) is 11.8. The first-order valence-corrected chi connectivity index (χ1v) is 7.92. The second-order valence-corrected chi connectivity index (χ2v) is 5.71. The lowest BCUT2D eigenvalue weighted by Crippen LogP contribution is -1.84. The highest BCUT2D eigenvalue weighted by molar-refractivity contribution is 5.84. The molecule has 116 valence electrons. The molecule has 0 aliphatic rings. The molecule has 0 fully saturated rings. The van der Waals surface area contributed by atoms with E-state index in [1.807, 2.05) is 60.7 Å². The summed E-state index contributed by atoms with van der Waals surface area (Å²) in [5, 5.41) is 0. The van der Waals surface area contributed by atoms with E-state index in [0.29, 0.717) is 0 Å². The topological polar surface area (TPSA) is 39.2 Å². The molecule has 2 heteroatoms. The molecule has 1 heterocycles. The maximum Gasteiger partial charge on any atom is 0.142 e. The van der Waals surface area contributed by atoms with Crippen molar-refractivity contribution in [1.29, 1.82) is 0 Å². The molecule has 0 bridgehead atoms. The molecular weight excluding hydrogens is 294 g/mol. The zero-order valence-corrected chi connectivity index (χ0v) is 13.1. The average Bonchev–Trinajstić information content (AvgIpc) is 3.09. The Labute approximate surface area is 141 Å². The van der Waals surface area contributed by atoms with Gasteiger partial charge in [0.05, 0.1) is 0 Å². The van der Waals surface area contributed by atoms with Gasteiger partial charge in [-0.05, 0) is 23.8 Å². The predicted molar refractivity (Wildman–Crippen MR) is 99.4 cm³/mol. The summed E-state index contributed by atoms with van der Waals surface area (Å²) in [6.45, 7) is 0. The molecule has 1 aromatic heterocycles. The number of anilines is 1. The molecule has 0 spiro atoms. The molecule has 0 atom stereocenters. The van der Waals surface area contributed by atoms with Gasteiger partial charge in [-0.2, -0.15) is 0 Å². The van der Waals surface area contributed by atoms with Crippen LogP contribution >= 0.6 is 0 Å². The average molecular weight is 311 g/mol. The second-order valence-electron chi connectivity index (χ2n) is 5.71. The van der Waals surface area contributed by atoms with Gasteiger partial charge in [-0.1, -0.05) is 72.8 Å². The van der Waals surface area contributed by atoms with E-state index in [1.54, 1.807) is 0 Å². The van der Waals surface area contributed by atoms with Crippen molar-refractivity contribution in [2.75, 3.05) is 5.73 Å². The molecule has 0 amide bonds. The Morgan fingerprint density at radius 3 is 1.79 bits per heavy atom. The molecule has 24 heavy (non-hydrogen) atoms. The third-order valence-corrected chi connectivity index (χ3v) is 4.05. The molecular formula is C22H17NO. The van der Waals surface area contributed by atoms with E-state index in [2.05, 4.69) is 30.3 Å². The van der Waals surface area contributed by atoms with Crippen molar-refractivity contribution in [3.8, 4) is 33.8 Å². The van der Waals surface area contributed by atoms with E-state index in [0.717, 1.165) is 39.5 Å². The van der Waals surface area contributed by atoms with Crippen molar-refractivity contribution in [2.45, 2.75) is 0 Å². The van der Waals surface area contributed by atoms with Crippen LogP contribution in [0.2, 0.25) is 0 Å². The van der Waals surface area contributed by atoms with Gasteiger partial charge in [0, 0.05) is 22.4 Å². The number of hydrogen-bond acceptors (Lipinski definition) is 2. The van der Waals surface area contributed by atoms with E-state index in [4.69, 9.17) is 10.2 Å². The normalized spacial score (nSPS) is 10.7. The molecule has 4 rings (SSSR count). The van der Waals surface area contributed by atoms with Crippen LogP contribution in [0.15, 0.2) is 95.4 Å². The van der Waals surface area contributed by atoms with Gasteiger partial charge < -0.3 is 10.2 Å². The number of hydrogen-bond donors (Lipinski definition) is 1. The van der Waals surface area contributed by atoms with Crippen LogP contribution in [-0.2, 0) is 0 Å². The van der Waals surface area contributed by atoms with Crippen molar-refractivity contribution >= 4 is 5.69 Å². The first kappa shape index (κ1) is 14.3. The maximum absolute atomic E-state index is 6.24. The van der Waals surface area contributed by atoms with E-state index in [-0.39, 0.29) is 0 Å². The highest BCUT2D eigenvalue weighted by Gasteiger charge is 2.15. The molecule has 0 aliphatic heterocycles. The summed E-state index contributed by atoms with van der Waals surface area (Å²) in [4.78, 5) is 0. The van der Waals surface area contributed by atoms with Crippen LogP contribution in [0.4, 0.5) is 5.69 Å². The van der Waals surface area contributed by atoms with Gasteiger partial charge in [-0.3, -0.25) is 0 Å². The van der Waals surface area contributed by atoms with Gasteiger partial charge in [0.15, 0.2) is 0 Å². The Bertz CT molecular complexity index is 938. The summed E-state index contributed by atoms with van der Waals surface area (Å²) in [5.41, 5.74) is 10.9. The van der Waals surface area contributed by atoms with Gasteiger partial charge >= 0.3 is 0 Å². The Morgan fingerprint density at radius 1 is 0.583 bits per heavy atom. The highest BCUT2D eigenvalue weighted by atomic mass is 16.3. The summed E-state index contributed by atoms with van der Waals surface area (Å²) < 4.78 is 6.24. The monoisotopic (exact) mass is 311 g/mol. The van der Waals surface area contributed by atoms with Crippen molar-refractivity contribution < 1.29 is 4.42 Å². The maximum atomic E-state index is 6.24. The van der Waals surface area contributed by atoms with E-state index in [9.17, 15) is 0 Å². The fourth-order valence-corrected chi connectivity index (χ4v) is 2.82. The van der Waals surface area contributed by atoms with Crippen molar-refractivity contribution in [2.24, 2.45) is 0 Å². The highest BCUT2D eigenvalue weighted by Crippen LogP contribution is 2.38. The smallest absolute Gasteiger partial charge is 0.142 e. The van der Waals surface area contributed by atoms with Crippen LogP contribution in [0.5, 0.6) is 0 Å². The predicted octanol–water partition coefficient (Wildman–Crippen LogP) is 5.86. The number of rotatable bonds is 3. The Balaban J connectivity index is 1.90. The van der Waals surface area contributed by atoms with Crippen LogP contribution in [0, 0.1) is 0 Å². The lowest BCUT2D eigenvalue weighted by molar-refractivity contribution is 0.598. The van der Waals surface area contributed by atoms with E-state index in [1.165, 1.54) is 0 Å². The number of nitrogens with two attached hydrogens (primary N) is 1. The zero-order chi connectivity index (χ0) is 16.4. The summed E-state index contributed by atoms with van der Waals surface area (Å²) in [7, 11) is 0. The fraction of sp³-hybridized carbons (Fsp3) is 0. The second kappa shape index (κ2) is 6.09. The van der Waals surface area contributed by atoms with E-state index >= 15 is 0 Å². The van der Waals surface area contributed by atoms with Crippen molar-refractivity contribution in [3.63, 3.8) is 0 Å². The Morgan fingerprint density at radius 2 is 1.17 bits per heavy atom. The van der Waals surface area contributed by atoms with Gasteiger partial charge in [-0.25, -0.2) is 0 Å². The summed E-state index contributed by atoms with van der Waals surface area (Å²) in [6, 6.07) is 30.3. The number of nitrogen functional groups attached to an aromatic ring is 1. The van der Waals surface area contributed by atoms with Gasteiger partial charge in [-0.15, -0.1) is 0 Å². The molecule has 2 N–H and O–H groups in total. The molecule has 0 unspecified atom stereocenters. The fourth-order valence-electron chi connectivity index (χ4n) is 2.82. The van der Waals surface area contributed by atoms with Crippen LogP contribution < -0.4 is 5.73 Å². The zero-order valence-electron chi connectivity index (χ0n) is 13.1. The van der Waals surface area contributed by atoms with Gasteiger partial charge in [0.2, 0.25) is 0 Å². The van der Waals surface area contributed by atoms with Crippen LogP contribution in [0.1, 0.15) is 0 Å². The first-order valence-electron chi connectivity index (χ1n) is 7.92. The van der Waals surface area contributed by atoms with Crippen molar-refractivity contribution in [3.05, 3.63) is 91.0 Å². The lowest BCUT2D eigenvalue weighted by atomic mass is 10.0. The molecule has 0 aliphatic carbocycles. The molecule has 3 aromatic carbocycles. The SMILES string of the molecule is Nc1ccc(-c2cc(-c3ccccc3)oc2-c2ccccc2)cc1. The lowest BCUT2D eigenvalue weighted by Gasteiger charge is -2.03. The standard InChI is InChI=1S/C22H17NO/c23-19-13-11-16(12-14-19)20-15-21(17-7-3-1-4-8-17)24-22(20)18-9-5-2-6-10-18/h1-15H,23H2. The summed E-state index contributed by atoms with van der Waals surface area (Å²) in [5.74, 6) is 1.74. The van der Waals surface area contributed by atoms with Crippen LogP contribution in [0.3, 0.4) is 0 Å². The molecule has 0 saturated carbocycles. The minimum absolute atomic E-state index is 0.756. The van der Waals surface area contributed by atoms with Crippen molar-refractivity contribution in [1.82, 2.24) is 0 Å². The number of furan rings is 1. The molecule has 2 nitrogen and oxygen atoms in total. The summed E-state index contributed by atoms with van der Waals surface area (Å²) >= 11 is 0. The molecule has 0 radical (unpaired) electrons. The van der Waals surface area contributed by atoms with Crippen LogP contribution in [0.25, 0.3) is 33.8 Å². The largest absolute Gasteiger partial charge is 0.455 e. The Hall–Kier alpha value is -3.26. The minimum Gasteiger partial charge on any atom is -0.455 e. The summed E-state index contributed by atoms with van der Waals surface area (Å²) in [6.07, 6.45) is 0. The van der Waals surface area contributed by atoms with E-state index < -0.39 is 0 Å². The number of benzene rings is 3. The molecule has 0 saturated heterocycles.